The molecule has 0 saturated heterocycles. The lowest BCUT2D eigenvalue weighted by atomic mass is 10.0. The fourth-order valence-corrected chi connectivity index (χ4v) is 3.29. The molecule has 3 nitrogen and oxygen atoms in total. The number of ether oxygens (including phenoxy) is 1. The fraction of sp³-hybridized carbons (Fsp3) is 0.462. The van der Waals surface area contributed by atoms with Gasteiger partial charge in [0, 0.05) is 12.0 Å². The molecule has 0 radical (unpaired) electrons. The molecule has 3 heteroatoms. The van der Waals surface area contributed by atoms with E-state index in [4.69, 9.17) is 4.74 Å². The zero-order chi connectivity index (χ0) is 20.9. The first-order valence-corrected chi connectivity index (χ1v) is 11.1. The van der Waals surface area contributed by atoms with Gasteiger partial charge in [-0.25, -0.2) is 4.79 Å². The fourth-order valence-electron chi connectivity index (χ4n) is 3.29. The molecule has 0 aromatic heterocycles. The van der Waals surface area contributed by atoms with Crippen LogP contribution in [0, 0.1) is 0 Å². The van der Waals surface area contributed by atoms with Crippen LogP contribution in [0.5, 0.6) is 5.75 Å². The molecule has 0 aliphatic rings. The third-order valence-electron chi connectivity index (χ3n) is 5.15. The van der Waals surface area contributed by atoms with Crippen molar-refractivity contribution in [3.63, 3.8) is 0 Å². The summed E-state index contributed by atoms with van der Waals surface area (Å²) in [6, 6.07) is 14.5. The van der Waals surface area contributed by atoms with E-state index in [1.807, 2.05) is 24.3 Å². The predicted octanol–water partition coefficient (Wildman–Crippen LogP) is 7.18. The summed E-state index contributed by atoms with van der Waals surface area (Å²) in [6.45, 7) is 4.34. The lowest BCUT2D eigenvalue weighted by Crippen LogP contribution is -2.09. The number of rotatable bonds is 13. The maximum absolute atomic E-state index is 12.4. The number of carbonyl (C=O) groups excluding carboxylic acids is 2. The van der Waals surface area contributed by atoms with Gasteiger partial charge in [0.15, 0.2) is 5.78 Å². The lowest BCUT2D eigenvalue weighted by molar-refractivity contribution is 0.0734. The van der Waals surface area contributed by atoms with Crippen molar-refractivity contribution < 1.29 is 14.3 Å². The summed E-state index contributed by atoms with van der Waals surface area (Å²) >= 11 is 0. The highest BCUT2D eigenvalue weighted by atomic mass is 16.5. The van der Waals surface area contributed by atoms with Crippen LogP contribution in [0.1, 0.15) is 97.9 Å². The molecular formula is C26H34O3. The van der Waals surface area contributed by atoms with Crippen molar-refractivity contribution in [1.29, 1.82) is 0 Å². The highest BCUT2D eigenvalue weighted by Gasteiger charge is 2.11. The van der Waals surface area contributed by atoms with E-state index in [0.29, 0.717) is 23.3 Å². The number of carbonyl (C=O) groups is 2. The summed E-state index contributed by atoms with van der Waals surface area (Å²) in [5, 5.41) is 0. The second-order valence-corrected chi connectivity index (χ2v) is 7.66. The van der Waals surface area contributed by atoms with Crippen molar-refractivity contribution in [3.05, 3.63) is 65.2 Å². The van der Waals surface area contributed by atoms with E-state index < -0.39 is 5.97 Å². The largest absolute Gasteiger partial charge is 0.423 e. The quantitative estimate of drug-likeness (QED) is 0.156. The molecule has 0 atom stereocenters. The Hall–Kier alpha value is -2.42. The number of aryl methyl sites for hydroxylation is 1. The van der Waals surface area contributed by atoms with E-state index >= 15 is 0 Å². The van der Waals surface area contributed by atoms with Crippen molar-refractivity contribution in [2.75, 3.05) is 0 Å². The lowest BCUT2D eigenvalue weighted by Gasteiger charge is -2.07. The smallest absolute Gasteiger partial charge is 0.343 e. The predicted molar refractivity (Wildman–Crippen MR) is 119 cm³/mol. The molecular weight excluding hydrogens is 360 g/mol. The molecule has 0 spiro atoms. The van der Waals surface area contributed by atoms with Gasteiger partial charge in [-0.3, -0.25) is 4.79 Å². The van der Waals surface area contributed by atoms with Crippen LogP contribution in [-0.4, -0.2) is 11.8 Å². The van der Waals surface area contributed by atoms with E-state index in [2.05, 4.69) is 13.8 Å². The van der Waals surface area contributed by atoms with Crippen molar-refractivity contribution in [3.8, 4) is 5.75 Å². The van der Waals surface area contributed by atoms with Crippen molar-refractivity contribution in [1.82, 2.24) is 0 Å². The van der Waals surface area contributed by atoms with E-state index in [1.54, 1.807) is 24.3 Å². The minimum atomic E-state index is -0.401. The molecule has 2 rings (SSSR count). The first-order chi connectivity index (χ1) is 14.1. The molecule has 0 N–H and O–H groups in total. The number of benzene rings is 2. The summed E-state index contributed by atoms with van der Waals surface area (Å²) < 4.78 is 5.47. The summed E-state index contributed by atoms with van der Waals surface area (Å²) in [5.41, 5.74) is 2.38. The molecule has 0 fully saturated rings. The van der Waals surface area contributed by atoms with Crippen molar-refractivity contribution >= 4 is 11.8 Å². The molecule has 0 aliphatic heterocycles. The average Bonchev–Trinajstić information content (AvgIpc) is 2.75. The molecule has 0 heterocycles. The summed E-state index contributed by atoms with van der Waals surface area (Å²) in [7, 11) is 0. The summed E-state index contributed by atoms with van der Waals surface area (Å²) in [5.74, 6) is 0.274. The Morgan fingerprint density at radius 2 is 1.28 bits per heavy atom. The molecule has 0 saturated carbocycles. The normalized spacial score (nSPS) is 10.7. The maximum atomic E-state index is 12.4. The van der Waals surface area contributed by atoms with Gasteiger partial charge in [-0.05, 0) is 49.1 Å². The Bertz CT molecular complexity index is 745. The monoisotopic (exact) mass is 394 g/mol. The molecule has 0 aliphatic carbocycles. The van der Waals surface area contributed by atoms with Crippen LogP contribution < -0.4 is 4.74 Å². The van der Waals surface area contributed by atoms with Gasteiger partial charge in [0.25, 0.3) is 0 Å². The number of hydrogen-bond donors (Lipinski definition) is 0. The van der Waals surface area contributed by atoms with Crippen LogP contribution in [0.15, 0.2) is 48.5 Å². The molecule has 0 bridgehead atoms. The highest BCUT2D eigenvalue weighted by Crippen LogP contribution is 2.17. The topological polar surface area (TPSA) is 43.4 Å². The number of Topliss-reactive ketones (excluding diaryl/α,β-unsaturated/α-hetero) is 1. The Labute approximate surface area is 175 Å². The standard InChI is InChI=1S/C26H34O3/c1-3-5-7-8-10-11-21-13-19-24(20-14-21)29-26(28)23-17-15-22(16-18-23)25(27)12-9-6-4-2/h13-20H,3-12H2,1-2H3. The third kappa shape index (κ3) is 8.23. The zero-order valence-corrected chi connectivity index (χ0v) is 17.9. The number of hydrogen-bond acceptors (Lipinski definition) is 3. The zero-order valence-electron chi connectivity index (χ0n) is 17.9. The Morgan fingerprint density at radius 1 is 0.690 bits per heavy atom. The van der Waals surface area contributed by atoms with Gasteiger partial charge in [0.1, 0.15) is 5.75 Å². The van der Waals surface area contributed by atoms with E-state index in [-0.39, 0.29) is 5.78 Å². The molecule has 2 aromatic carbocycles. The van der Waals surface area contributed by atoms with E-state index in [0.717, 1.165) is 25.7 Å². The Balaban J connectivity index is 1.82. The van der Waals surface area contributed by atoms with Gasteiger partial charge in [-0.15, -0.1) is 0 Å². The van der Waals surface area contributed by atoms with Gasteiger partial charge in [0.05, 0.1) is 5.56 Å². The number of esters is 1. The van der Waals surface area contributed by atoms with Crippen LogP contribution in [0.25, 0.3) is 0 Å². The molecule has 29 heavy (non-hydrogen) atoms. The van der Waals surface area contributed by atoms with Crippen LogP contribution in [0.4, 0.5) is 0 Å². The molecule has 2 aromatic rings. The van der Waals surface area contributed by atoms with Gasteiger partial charge in [-0.1, -0.05) is 76.6 Å². The maximum Gasteiger partial charge on any atom is 0.343 e. The number of unbranched alkanes of at least 4 members (excludes halogenated alkanes) is 6. The van der Waals surface area contributed by atoms with Crippen LogP contribution in [0.2, 0.25) is 0 Å². The van der Waals surface area contributed by atoms with Crippen LogP contribution in [0.3, 0.4) is 0 Å². The van der Waals surface area contributed by atoms with Crippen LogP contribution in [-0.2, 0) is 6.42 Å². The molecule has 156 valence electrons. The van der Waals surface area contributed by atoms with Gasteiger partial charge < -0.3 is 4.74 Å². The van der Waals surface area contributed by atoms with Crippen molar-refractivity contribution in [2.45, 2.75) is 78.1 Å². The molecule has 0 unspecified atom stereocenters. The first kappa shape index (κ1) is 22.9. The summed E-state index contributed by atoms with van der Waals surface area (Å²) in [4.78, 5) is 24.5. The third-order valence-corrected chi connectivity index (χ3v) is 5.15. The van der Waals surface area contributed by atoms with Crippen molar-refractivity contribution in [2.24, 2.45) is 0 Å². The van der Waals surface area contributed by atoms with Gasteiger partial charge >= 0.3 is 5.97 Å². The van der Waals surface area contributed by atoms with E-state index in [9.17, 15) is 9.59 Å². The second-order valence-electron chi connectivity index (χ2n) is 7.66. The first-order valence-electron chi connectivity index (χ1n) is 11.1. The Morgan fingerprint density at radius 3 is 1.93 bits per heavy atom. The average molecular weight is 395 g/mol. The van der Waals surface area contributed by atoms with Crippen LogP contribution >= 0.6 is 0 Å². The minimum Gasteiger partial charge on any atom is -0.423 e. The molecule has 0 amide bonds. The Kier molecular flexibility index (Phi) is 10.2. The summed E-state index contributed by atoms with van der Waals surface area (Å²) in [6.07, 6.45) is 11.0. The minimum absolute atomic E-state index is 0.128. The SMILES string of the molecule is CCCCCCCc1ccc(OC(=O)c2ccc(C(=O)CCCCC)cc2)cc1. The van der Waals surface area contributed by atoms with E-state index in [1.165, 1.54) is 37.7 Å². The van der Waals surface area contributed by atoms with Gasteiger partial charge in [0.2, 0.25) is 0 Å². The second kappa shape index (κ2) is 12.9. The number of ketones is 1. The van der Waals surface area contributed by atoms with Gasteiger partial charge in [-0.2, -0.15) is 0 Å². The highest BCUT2D eigenvalue weighted by molar-refractivity contribution is 5.97.